The maximum atomic E-state index is 13.0. The predicted molar refractivity (Wildman–Crippen MR) is 88.5 cm³/mol. The first kappa shape index (κ1) is 15.4. The average Bonchev–Trinajstić information content (AvgIpc) is 3.22. The Morgan fingerprint density at radius 2 is 2.12 bits per heavy atom. The molecule has 3 heterocycles. The molecule has 2 bridgehead atoms. The molecule has 2 saturated heterocycles. The molecule has 0 unspecified atom stereocenters. The van der Waals surface area contributed by atoms with Gasteiger partial charge >= 0.3 is 5.97 Å². The fourth-order valence-corrected chi connectivity index (χ4v) is 4.01. The molecule has 4 atom stereocenters. The molecule has 3 aliphatic heterocycles. The molecular formula is C19H21NO4. The van der Waals surface area contributed by atoms with Crippen molar-refractivity contribution in [3.63, 3.8) is 0 Å². The lowest BCUT2D eigenvalue weighted by Crippen LogP contribution is -2.40. The maximum absolute atomic E-state index is 13.0. The zero-order chi connectivity index (χ0) is 16.9. The molecule has 5 heteroatoms. The minimum Gasteiger partial charge on any atom is -0.465 e. The van der Waals surface area contributed by atoms with Crippen LogP contribution in [-0.4, -0.2) is 36.7 Å². The van der Waals surface area contributed by atoms with Crippen LogP contribution in [0.5, 0.6) is 0 Å². The van der Waals surface area contributed by atoms with Gasteiger partial charge in [0.2, 0.25) is 5.91 Å². The largest absolute Gasteiger partial charge is 0.465 e. The smallest absolute Gasteiger partial charge is 0.312 e. The van der Waals surface area contributed by atoms with Gasteiger partial charge in [-0.15, -0.1) is 0 Å². The molecule has 1 aromatic carbocycles. The molecule has 2 fully saturated rings. The highest BCUT2D eigenvalue weighted by Gasteiger charge is 2.67. The molecular weight excluding hydrogens is 306 g/mol. The lowest BCUT2D eigenvalue weighted by atomic mass is 9.77. The third-order valence-electron chi connectivity index (χ3n) is 5.17. The van der Waals surface area contributed by atoms with E-state index in [0.717, 1.165) is 17.7 Å². The fraction of sp³-hybridized carbons (Fsp3) is 0.474. The number of anilines is 1. The van der Waals surface area contributed by atoms with Crippen LogP contribution in [0.3, 0.4) is 0 Å². The van der Waals surface area contributed by atoms with E-state index in [2.05, 4.69) is 0 Å². The van der Waals surface area contributed by atoms with Crippen molar-refractivity contribution in [2.24, 2.45) is 11.8 Å². The van der Waals surface area contributed by atoms with Crippen LogP contribution in [0.2, 0.25) is 0 Å². The minimum absolute atomic E-state index is 0.0517. The van der Waals surface area contributed by atoms with Gasteiger partial charge in [-0.1, -0.05) is 36.8 Å². The van der Waals surface area contributed by atoms with E-state index in [4.69, 9.17) is 9.47 Å². The van der Waals surface area contributed by atoms with Crippen molar-refractivity contribution in [2.45, 2.75) is 32.0 Å². The van der Waals surface area contributed by atoms with E-state index in [1.165, 1.54) is 0 Å². The van der Waals surface area contributed by atoms with E-state index in [9.17, 15) is 9.59 Å². The zero-order valence-electron chi connectivity index (χ0n) is 13.9. The number of ether oxygens (including phenoxy) is 2. The summed E-state index contributed by atoms with van der Waals surface area (Å²) < 4.78 is 11.4. The third kappa shape index (κ3) is 2.11. The van der Waals surface area contributed by atoms with Crippen molar-refractivity contribution in [2.75, 3.05) is 18.1 Å². The van der Waals surface area contributed by atoms with Crippen molar-refractivity contribution in [1.82, 2.24) is 0 Å². The predicted octanol–water partition coefficient (Wildman–Crippen LogP) is 2.23. The molecule has 3 aliphatic rings. The van der Waals surface area contributed by atoms with Gasteiger partial charge in [0.15, 0.2) is 0 Å². The van der Waals surface area contributed by atoms with Crippen LogP contribution in [0.15, 0.2) is 36.4 Å². The van der Waals surface area contributed by atoms with Crippen LogP contribution in [-0.2, 0) is 19.1 Å². The van der Waals surface area contributed by atoms with E-state index in [1.54, 1.807) is 4.90 Å². The number of carbonyl (C=O) groups is 2. The van der Waals surface area contributed by atoms with Crippen LogP contribution in [0, 0.1) is 18.8 Å². The van der Waals surface area contributed by atoms with E-state index in [0.29, 0.717) is 13.2 Å². The molecule has 0 radical (unpaired) electrons. The van der Waals surface area contributed by atoms with Gasteiger partial charge in [0.05, 0.1) is 25.2 Å². The molecule has 0 aliphatic carbocycles. The molecule has 1 aromatic rings. The Labute approximate surface area is 141 Å². The van der Waals surface area contributed by atoms with Gasteiger partial charge in [0, 0.05) is 5.69 Å². The minimum atomic E-state index is -0.692. The highest BCUT2D eigenvalue weighted by atomic mass is 16.6. The van der Waals surface area contributed by atoms with Crippen LogP contribution >= 0.6 is 0 Å². The number of rotatable bonds is 4. The molecule has 1 amide bonds. The summed E-state index contributed by atoms with van der Waals surface area (Å²) in [7, 11) is 0. The van der Waals surface area contributed by atoms with Crippen molar-refractivity contribution >= 4 is 17.6 Å². The number of nitrogens with zero attached hydrogens (tertiary/aromatic N) is 1. The second kappa shape index (κ2) is 5.45. The number of amides is 1. The lowest BCUT2D eigenvalue weighted by molar-refractivity contribution is -0.152. The molecule has 0 saturated carbocycles. The summed E-state index contributed by atoms with van der Waals surface area (Å²) in [5.41, 5.74) is 1.29. The number of hydrogen-bond donors (Lipinski definition) is 0. The van der Waals surface area contributed by atoms with Crippen molar-refractivity contribution in [3.05, 3.63) is 42.0 Å². The number of hydrogen-bond acceptors (Lipinski definition) is 4. The lowest BCUT2D eigenvalue weighted by Gasteiger charge is -2.22. The van der Waals surface area contributed by atoms with Gasteiger partial charge in [-0.25, -0.2) is 0 Å². The Kier molecular flexibility index (Phi) is 3.49. The first-order valence-corrected chi connectivity index (χ1v) is 8.47. The molecule has 0 aromatic heterocycles. The molecule has 5 nitrogen and oxygen atoms in total. The van der Waals surface area contributed by atoms with Gasteiger partial charge < -0.3 is 14.4 Å². The standard InChI is InChI=1S/C19H21NO4/c1-3-10-23-18(22)15-14-8-9-19(24-14)11-20(17(21)16(15)19)13-6-4-12(2)5-7-13/h4-9,14-16H,3,10-11H2,1-2H3/t14-,15-,16-,19+/m0/s1. The van der Waals surface area contributed by atoms with E-state index >= 15 is 0 Å². The highest BCUT2D eigenvalue weighted by Crippen LogP contribution is 2.52. The van der Waals surface area contributed by atoms with Crippen LogP contribution in [0.1, 0.15) is 18.9 Å². The first-order valence-electron chi connectivity index (χ1n) is 8.47. The number of carbonyl (C=O) groups excluding carboxylic acids is 2. The number of esters is 1. The molecule has 0 N–H and O–H groups in total. The SMILES string of the molecule is CCCOC(=O)[C@H]1[C@@H]2C=C[C@]3(CN(c4ccc(C)cc4)C(=O)[C@H]13)O2. The Morgan fingerprint density at radius 1 is 1.38 bits per heavy atom. The summed E-state index contributed by atoms with van der Waals surface area (Å²) in [5, 5.41) is 0. The van der Waals surface area contributed by atoms with E-state index < -0.39 is 17.4 Å². The summed E-state index contributed by atoms with van der Waals surface area (Å²) in [6, 6.07) is 7.84. The third-order valence-corrected chi connectivity index (χ3v) is 5.17. The number of benzene rings is 1. The molecule has 126 valence electrons. The van der Waals surface area contributed by atoms with E-state index in [-0.39, 0.29) is 18.0 Å². The Hall–Kier alpha value is -2.14. The van der Waals surface area contributed by atoms with Crippen LogP contribution in [0.25, 0.3) is 0 Å². The molecule has 4 rings (SSSR count). The Morgan fingerprint density at radius 3 is 2.83 bits per heavy atom. The van der Waals surface area contributed by atoms with Crippen molar-refractivity contribution in [1.29, 1.82) is 0 Å². The summed E-state index contributed by atoms with van der Waals surface area (Å²) in [6.07, 6.45) is 4.28. The van der Waals surface area contributed by atoms with Gasteiger partial charge in [-0.2, -0.15) is 0 Å². The maximum Gasteiger partial charge on any atom is 0.312 e. The summed E-state index contributed by atoms with van der Waals surface area (Å²) in [5.74, 6) is -1.40. The summed E-state index contributed by atoms with van der Waals surface area (Å²) >= 11 is 0. The zero-order valence-corrected chi connectivity index (χ0v) is 13.9. The second-order valence-corrected chi connectivity index (χ2v) is 6.83. The van der Waals surface area contributed by atoms with E-state index in [1.807, 2.05) is 50.3 Å². The Balaban J connectivity index is 1.64. The van der Waals surface area contributed by atoms with Gasteiger partial charge in [0.25, 0.3) is 0 Å². The number of aryl methyl sites for hydroxylation is 1. The van der Waals surface area contributed by atoms with Crippen LogP contribution < -0.4 is 4.90 Å². The second-order valence-electron chi connectivity index (χ2n) is 6.83. The quantitative estimate of drug-likeness (QED) is 0.629. The topological polar surface area (TPSA) is 55.8 Å². The summed E-state index contributed by atoms with van der Waals surface area (Å²) in [4.78, 5) is 27.2. The van der Waals surface area contributed by atoms with Crippen molar-refractivity contribution < 1.29 is 19.1 Å². The molecule has 24 heavy (non-hydrogen) atoms. The monoisotopic (exact) mass is 327 g/mol. The summed E-state index contributed by atoms with van der Waals surface area (Å²) in [6.45, 7) is 4.79. The normalized spacial score (nSPS) is 33.2. The first-order chi connectivity index (χ1) is 11.6. The average molecular weight is 327 g/mol. The Bertz CT molecular complexity index is 711. The van der Waals surface area contributed by atoms with Gasteiger partial charge in [-0.05, 0) is 25.5 Å². The molecule has 1 spiro atoms. The fourth-order valence-electron chi connectivity index (χ4n) is 4.01. The van der Waals surface area contributed by atoms with Gasteiger partial charge in [0.1, 0.15) is 11.5 Å². The highest BCUT2D eigenvalue weighted by molar-refractivity contribution is 6.02. The van der Waals surface area contributed by atoms with Gasteiger partial charge in [-0.3, -0.25) is 9.59 Å². The number of fused-ring (bicyclic) bond motifs is 1. The van der Waals surface area contributed by atoms with Crippen LogP contribution in [0.4, 0.5) is 5.69 Å². The van der Waals surface area contributed by atoms with Crippen molar-refractivity contribution in [3.8, 4) is 0 Å².